The normalized spacial score (nSPS) is 21.1. The molecule has 20 heavy (non-hydrogen) atoms. The number of hydrogen-bond donors (Lipinski definition) is 2. The lowest BCUT2D eigenvalue weighted by Gasteiger charge is -2.38. The maximum atomic E-state index is 11.9. The third-order valence-electron chi connectivity index (χ3n) is 3.92. The first-order valence-electron chi connectivity index (χ1n) is 7.48. The van der Waals surface area contributed by atoms with Crippen LogP contribution in [0.2, 0.25) is 0 Å². The summed E-state index contributed by atoms with van der Waals surface area (Å²) >= 11 is 0. The van der Waals surface area contributed by atoms with Crippen LogP contribution in [-0.2, 0) is 14.3 Å². The number of likely N-dealkylation sites (tertiary alicyclic amines) is 1. The van der Waals surface area contributed by atoms with E-state index in [1.165, 1.54) is 6.42 Å². The van der Waals surface area contributed by atoms with Crippen molar-refractivity contribution in [1.29, 1.82) is 0 Å². The highest BCUT2D eigenvalue weighted by Crippen LogP contribution is 2.14. The molecule has 0 aromatic rings. The molecule has 0 spiro atoms. The quantitative estimate of drug-likeness (QED) is 0.713. The van der Waals surface area contributed by atoms with Crippen LogP contribution in [0.15, 0.2) is 0 Å². The van der Waals surface area contributed by atoms with Crippen LogP contribution in [0.1, 0.15) is 32.6 Å². The number of nitrogens with one attached hydrogen (secondary N) is 2. The molecule has 0 radical (unpaired) electrons. The Balaban J connectivity index is 1.55. The van der Waals surface area contributed by atoms with Crippen molar-refractivity contribution in [2.24, 2.45) is 0 Å². The molecule has 0 aliphatic carbocycles. The minimum Gasteiger partial charge on any atom is -0.363 e. The van der Waals surface area contributed by atoms with Crippen LogP contribution in [0.4, 0.5) is 0 Å². The minimum atomic E-state index is -0.207. The Kier molecular flexibility index (Phi) is 5.37. The van der Waals surface area contributed by atoms with E-state index in [-0.39, 0.29) is 24.0 Å². The van der Waals surface area contributed by atoms with Gasteiger partial charge in [-0.2, -0.15) is 0 Å². The molecule has 6 heteroatoms. The summed E-state index contributed by atoms with van der Waals surface area (Å²) in [6.45, 7) is 5.74. The Labute approximate surface area is 120 Å². The zero-order chi connectivity index (χ0) is 14.4. The van der Waals surface area contributed by atoms with Gasteiger partial charge in [0, 0.05) is 39.1 Å². The van der Waals surface area contributed by atoms with Crippen LogP contribution in [0.5, 0.6) is 0 Å². The van der Waals surface area contributed by atoms with Crippen LogP contribution >= 0.6 is 0 Å². The van der Waals surface area contributed by atoms with Crippen LogP contribution in [0, 0.1) is 0 Å². The average molecular weight is 283 g/mol. The van der Waals surface area contributed by atoms with Gasteiger partial charge in [-0.25, -0.2) is 0 Å². The molecule has 6 nitrogen and oxygen atoms in total. The molecule has 0 unspecified atom stereocenters. The summed E-state index contributed by atoms with van der Waals surface area (Å²) in [5.74, 6) is -0.00866. The Morgan fingerprint density at radius 3 is 2.55 bits per heavy atom. The molecule has 114 valence electrons. The molecule has 2 aliphatic heterocycles. The van der Waals surface area contributed by atoms with Gasteiger partial charge < -0.3 is 20.3 Å². The highest BCUT2D eigenvalue weighted by molar-refractivity contribution is 5.79. The molecule has 2 heterocycles. The van der Waals surface area contributed by atoms with Crippen molar-refractivity contribution in [3.8, 4) is 0 Å². The van der Waals surface area contributed by atoms with E-state index in [0.717, 1.165) is 39.0 Å². The Bertz CT molecular complexity index is 350. The molecule has 2 rings (SSSR count). The molecule has 2 N–H and O–H groups in total. The van der Waals surface area contributed by atoms with E-state index >= 15 is 0 Å². The lowest BCUT2D eigenvalue weighted by atomic mass is 10.0. The Morgan fingerprint density at radius 1 is 1.25 bits per heavy atom. The average Bonchev–Trinajstić information content (AvgIpc) is 2.44. The second-order valence-corrected chi connectivity index (χ2v) is 5.88. The summed E-state index contributed by atoms with van der Waals surface area (Å²) in [4.78, 5) is 25.4. The standard InChI is InChI=1S/C14H25N3O3/c1-14(10-15-11-14)20-9-12(18)16-6-5-13(19)17-7-3-2-4-8-17/h15H,2-11H2,1H3,(H,16,18). The fourth-order valence-corrected chi connectivity index (χ4v) is 2.48. The van der Waals surface area contributed by atoms with Crippen LogP contribution < -0.4 is 10.6 Å². The Hall–Kier alpha value is -1.14. The van der Waals surface area contributed by atoms with Crippen molar-refractivity contribution in [2.45, 2.75) is 38.2 Å². The second kappa shape index (κ2) is 7.04. The first-order chi connectivity index (χ1) is 9.59. The van der Waals surface area contributed by atoms with Gasteiger partial charge in [-0.05, 0) is 26.2 Å². The van der Waals surface area contributed by atoms with Gasteiger partial charge in [0.25, 0.3) is 0 Å². The van der Waals surface area contributed by atoms with Gasteiger partial charge in [0.2, 0.25) is 11.8 Å². The topological polar surface area (TPSA) is 70.7 Å². The second-order valence-electron chi connectivity index (χ2n) is 5.88. The SMILES string of the molecule is CC1(OCC(=O)NCCC(=O)N2CCCCC2)CNC1. The summed E-state index contributed by atoms with van der Waals surface area (Å²) in [6.07, 6.45) is 3.78. The third-order valence-corrected chi connectivity index (χ3v) is 3.92. The minimum absolute atomic E-state index is 0.0656. The maximum absolute atomic E-state index is 11.9. The molecule has 2 amide bonds. The van der Waals surface area contributed by atoms with Crippen molar-refractivity contribution in [3.05, 3.63) is 0 Å². The molecule has 0 atom stereocenters. The summed E-state index contributed by atoms with van der Waals surface area (Å²) in [7, 11) is 0. The van der Waals surface area contributed by atoms with Crippen LogP contribution in [-0.4, -0.2) is 61.6 Å². The van der Waals surface area contributed by atoms with Crippen molar-refractivity contribution in [2.75, 3.05) is 39.3 Å². The van der Waals surface area contributed by atoms with Gasteiger partial charge in [0.15, 0.2) is 0 Å². The van der Waals surface area contributed by atoms with Crippen molar-refractivity contribution in [3.63, 3.8) is 0 Å². The zero-order valence-electron chi connectivity index (χ0n) is 12.2. The van der Waals surface area contributed by atoms with Gasteiger partial charge >= 0.3 is 0 Å². The van der Waals surface area contributed by atoms with E-state index in [1.54, 1.807) is 0 Å². The van der Waals surface area contributed by atoms with E-state index in [4.69, 9.17) is 4.74 Å². The number of amides is 2. The van der Waals surface area contributed by atoms with E-state index < -0.39 is 0 Å². The number of carbonyl (C=O) groups excluding carboxylic acids is 2. The van der Waals surface area contributed by atoms with E-state index in [2.05, 4.69) is 10.6 Å². The molecule has 0 saturated carbocycles. The van der Waals surface area contributed by atoms with Gasteiger partial charge in [-0.15, -0.1) is 0 Å². The molecule has 0 bridgehead atoms. The fraction of sp³-hybridized carbons (Fsp3) is 0.857. The van der Waals surface area contributed by atoms with Crippen LogP contribution in [0.25, 0.3) is 0 Å². The van der Waals surface area contributed by atoms with E-state index in [0.29, 0.717) is 13.0 Å². The first kappa shape index (κ1) is 15.3. The fourth-order valence-electron chi connectivity index (χ4n) is 2.48. The third kappa shape index (κ3) is 4.45. The number of piperidine rings is 1. The molecule has 0 aromatic heterocycles. The van der Waals surface area contributed by atoms with Crippen molar-refractivity contribution < 1.29 is 14.3 Å². The molecular formula is C14H25N3O3. The molecule has 2 fully saturated rings. The van der Waals surface area contributed by atoms with Crippen molar-refractivity contribution in [1.82, 2.24) is 15.5 Å². The largest absolute Gasteiger partial charge is 0.363 e. The van der Waals surface area contributed by atoms with Gasteiger partial charge in [0.1, 0.15) is 6.61 Å². The number of rotatable bonds is 6. The van der Waals surface area contributed by atoms with Crippen molar-refractivity contribution >= 4 is 11.8 Å². The van der Waals surface area contributed by atoms with Gasteiger partial charge in [-0.1, -0.05) is 0 Å². The zero-order valence-corrected chi connectivity index (χ0v) is 12.2. The van der Waals surface area contributed by atoms with Gasteiger partial charge in [-0.3, -0.25) is 9.59 Å². The highest BCUT2D eigenvalue weighted by Gasteiger charge is 2.32. The summed E-state index contributed by atoms with van der Waals surface area (Å²) in [5.41, 5.74) is -0.207. The molecule has 0 aromatic carbocycles. The maximum Gasteiger partial charge on any atom is 0.246 e. The molecule has 2 aliphatic rings. The molecular weight excluding hydrogens is 258 g/mol. The lowest BCUT2D eigenvalue weighted by Crippen LogP contribution is -2.59. The lowest BCUT2D eigenvalue weighted by molar-refractivity contribution is -0.136. The monoisotopic (exact) mass is 283 g/mol. The first-order valence-corrected chi connectivity index (χ1v) is 7.48. The Morgan fingerprint density at radius 2 is 1.95 bits per heavy atom. The number of nitrogens with zero attached hydrogens (tertiary/aromatic N) is 1. The smallest absolute Gasteiger partial charge is 0.246 e. The van der Waals surface area contributed by atoms with Gasteiger partial charge in [0.05, 0.1) is 5.60 Å². The summed E-state index contributed by atoms with van der Waals surface area (Å²) in [6, 6.07) is 0. The highest BCUT2D eigenvalue weighted by atomic mass is 16.5. The summed E-state index contributed by atoms with van der Waals surface area (Å²) < 4.78 is 5.53. The predicted molar refractivity (Wildman–Crippen MR) is 75.3 cm³/mol. The number of hydrogen-bond acceptors (Lipinski definition) is 4. The number of carbonyl (C=O) groups is 2. The van der Waals surface area contributed by atoms with E-state index in [9.17, 15) is 9.59 Å². The number of ether oxygens (including phenoxy) is 1. The molecule has 2 saturated heterocycles. The van der Waals surface area contributed by atoms with Crippen LogP contribution in [0.3, 0.4) is 0 Å². The predicted octanol–water partition coefficient (Wildman–Crippen LogP) is -0.116. The van der Waals surface area contributed by atoms with E-state index in [1.807, 2.05) is 11.8 Å². The summed E-state index contributed by atoms with van der Waals surface area (Å²) in [5, 5.41) is 5.85.